The summed E-state index contributed by atoms with van der Waals surface area (Å²) < 4.78 is 0. The maximum atomic E-state index is 2.76. The fraction of sp³-hybridized carbons (Fsp3) is 0.0891. The van der Waals surface area contributed by atoms with E-state index in [4.69, 9.17) is 0 Å². The molecule has 0 spiro atoms. The SMILES string of the molecule is CC(C)(C)Cc1cc2c3c(c1)N(CCc1c(-c4ccccc4)cc(-c4ccccc4)cc1-c1ccccc1)c1ccc(-c4ccc5c6cccc7cccc(c8cccc4c85)c76)cc1B3c1cc(-c3ccccc3)ccc1N2CCc1c(-c2ccccc2)cc(-c2ccccc2)cc1-c1ccccc1. The highest BCUT2D eigenvalue weighted by atomic mass is 15.2. The molecule has 494 valence electrons. The fourth-order valence-electron chi connectivity index (χ4n) is 17.7. The summed E-state index contributed by atoms with van der Waals surface area (Å²) >= 11 is 0. The standard InChI is InChI=1S/C101H77BN2/c1-101(2,3)66-67-58-96-100-97(59-67)104(57-55-82-90(73-38-21-9-22-39-73)62-79(70-32-15-6-16-33-70)63-91(82)74-40-23-10-24-41-74)95-53-49-77(80-50-51-87-85-45-26-43-75-42-25-44-84(98(75)85)86-47-27-46-83(80)99(86)87)65-93(95)102(100)92-64-76(68-28-11-4-12-29-68)48-52-94(92)103(96)56-54-81-88(71-34-17-7-18-35-71)60-78(69-30-13-5-14-31-69)61-89(81)72-36-19-8-20-37-72/h4-53,58-65H,54-57,66H2,1-3H3. The Labute approximate surface area is 610 Å². The molecule has 17 aromatic rings. The van der Waals surface area contributed by atoms with Gasteiger partial charge in [0.05, 0.1) is 0 Å². The van der Waals surface area contributed by atoms with Crippen molar-refractivity contribution in [1.29, 1.82) is 0 Å². The molecule has 2 aliphatic rings. The van der Waals surface area contributed by atoms with Gasteiger partial charge in [-0.1, -0.05) is 324 Å². The van der Waals surface area contributed by atoms with Gasteiger partial charge in [0.15, 0.2) is 0 Å². The van der Waals surface area contributed by atoms with Crippen LogP contribution in [-0.4, -0.2) is 19.8 Å². The van der Waals surface area contributed by atoms with E-state index >= 15 is 0 Å². The number of hydrogen-bond donors (Lipinski definition) is 0. The van der Waals surface area contributed by atoms with E-state index in [1.165, 1.54) is 188 Å². The first-order valence-electron chi connectivity index (χ1n) is 37.0. The van der Waals surface area contributed by atoms with Crippen LogP contribution < -0.4 is 26.2 Å². The van der Waals surface area contributed by atoms with Gasteiger partial charge in [-0.2, -0.15) is 0 Å². The molecule has 0 bridgehead atoms. The number of fused-ring (bicyclic) bond motifs is 6. The summed E-state index contributed by atoms with van der Waals surface area (Å²) in [6.45, 7) is 8.55. The highest BCUT2D eigenvalue weighted by Crippen LogP contribution is 2.48. The Hall–Kier alpha value is -12.3. The van der Waals surface area contributed by atoms with Crippen molar-refractivity contribution in [1.82, 2.24) is 0 Å². The van der Waals surface area contributed by atoms with Gasteiger partial charge in [-0.3, -0.25) is 0 Å². The second-order valence-corrected chi connectivity index (χ2v) is 29.8. The molecule has 104 heavy (non-hydrogen) atoms. The second kappa shape index (κ2) is 26.0. The van der Waals surface area contributed by atoms with Gasteiger partial charge in [0.1, 0.15) is 0 Å². The topological polar surface area (TPSA) is 6.48 Å². The number of nitrogens with zero attached hydrogens (tertiary/aromatic N) is 2. The maximum Gasteiger partial charge on any atom is 0.252 e. The summed E-state index contributed by atoms with van der Waals surface area (Å²) in [5.74, 6) is 0. The molecule has 2 aliphatic heterocycles. The lowest BCUT2D eigenvalue weighted by Gasteiger charge is -2.45. The predicted molar refractivity (Wildman–Crippen MR) is 446 cm³/mol. The Morgan fingerprint density at radius 1 is 0.260 bits per heavy atom. The first-order chi connectivity index (χ1) is 51.2. The molecule has 0 atom stereocenters. The molecule has 0 N–H and O–H groups in total. The van der Waals surface area contributed by atoms with Gasteiger partial charge in [0.25, 0.3) is 6.71 Å². The van der Waals surface area contributed by atoms with Gasteiger partial charge in [0, 0.05) is 35.8 Å². The maximum absolute atomic E-state index is 2.76. The third-order valence-electron chi connectivity index (χ3n) is 22.2. The normalized spacial score (nSPS) is 12.5. The smallest absolute Gasteiger partial charge is 0.252 e. The molecule has 19 rings (SSSR count). The van der Waals surface area contributed by atoms with Crippen LogP contribution in [0.1, 0.15) is 37.5 Å². The van der Waals surface area contributed by atoms with Crippen LogP contribution in [-0.2, 0) is 19.3 Å². The Balaban J connectivity index is 0.857. The van der Waals surface area contributed by atoms with Crippen LogP contribution in [0.4, 0.5) is 22.7 Å². The zero-order chi connectivity index (χ0) is 69.4. The average molecular weight is 1330 g/mol. The highest BCUT2D eigenvalue weighted by molar-refractivity contribution is 7.00. The van der Waals surface area contributed by atoms with E-state index in [9.17, 15) is 0 Å². The largest absolute Gasteiger partial charge is 0.342 e. The average Bonchev–Trinajstić information content (AvgIpc) is 0.712. The Morgan fingerprint density at radius 2 is 0.615 bits per heavy atom. The van der Waals surface area contributed by atoms with Crippen LogP contribution in [0.25, 0.3) is 132 Å². The predicted octanol–water partition coefficient (Wildman–Crippen LogP) is 24.6. The van der Waals surface area contributed by atoms with Crippen LogP contribution in [0.2, 0.25) is 0 Å². The van der Waals surface area contributed by atoms with Crippen LogP contribution in [0, 0.1) is 5.41 Å². The molecule has 0 saturated carbocycles. The lowest BCUT2D eigenvalue weighted by Crippen LogP contribution is -2.62. The lowest BCUT2D eigenvalue weighted by molar-refractivity contribution is 0.411. The van der Waals surface area contributed by atoms with E-state index in [0.717, 1.165) is 32.4 Å². The first kappa shape index (κ1) is 62.7. The van der Waals surface area contributed by atoms with Gasteiger partial charge in [-0.15, -0.1) is 0 Å². The Bertz CT molecular complexity index is 5900. The summed E-state index contributed by atoms with van der Waals surface area (Å²) in [6.07, 6.45) is 2.47. The molecular formula is C101H77BN2. The molecule has 0 fully saturated rings. The van der Waals surface area contributed by atoms with Crippen molar-refractivity contribution < 1.29 is 0 Å². The van der Waals surface area contributed by atoms with E-state index in [0.29, 0.717) is 0 Å². The summed E-state index contributed by atoms with van der Waals surface area (Å²) in [5, 5.41) is 10.4. The first-order valence-corrected chi connectivity index (χ1v) is 37.0. The second-order valence-electron chi connectivity index (χ2n) is 29.8. The van der Waals surface area contributed by atoms with E-state index in [1.54, 1.807) is 0 Å². The van der Waals surface area contributed by atoms with Crippen molar-refractivity contribution in [3.05, 3.63) is 369 Å². The lowest BCUT2D eigenvalue weighted by atomic mass is 9.33. The van der Waals surface area contributed by atoms with E-state index in [-0.39, 0.29) is 12.1 Å². The third-order valence-corrected chi connectivity index (χ3v) is 22.2. The number of rotatable bonds is 15. The minimum atomic E-state index is -0.121. The van der Waals surface area contributed by atoms with E-state index in [1.807, 2.05) is 0 Å². The molecule has 2 heterocycles. The van der Waals surface area contributed by atoms with Crippen LogP contribution in [0.3, 0.4) is 0 Å². The molecule has 0 amide bonds. The molecule has 0 aromatic heterocycles. The molecule has 0 aliphatic carbocycles. The molecule has 3 heteroatoms. The van der Waals surface area contributed by atoms with Crippen LogP contribution in [0.15, 0.2) is 352 Å². The molecule has 0 unspecified atom stereocenters. The zero-order valence-corrected chi connectivity index (χ0v) is 59.0. The molecule has 2 nitrogen and oxygen atoms in total. The van der Waals surface area contributed by atoms with E-state index < -0.39 is 0 Å². The van der Waals surface area contributed by atoms with Crippen molar-refractivity contribution >= 4 is 88.9 Å². The van der Waals surface area contributed by atoms with Gasteiger partial charge in [-0.25, -0.2) is 0 Å². The zero-order valence-electron chi connectivity index (χ0n) is 59.0. The molecule has 17 aromatic carbocycles. The van der Waals surface area contributed by atoms with Gasteiger partial charge >= 0.3 is 0 Å². The van der Waals surface area contributed by atoms with Crippen molar-refractivity contribution in [2.45, 2.75) is 40.0 Å². The Morgan fingerprint density at radius 3 is 1.04 bits per heavy atom. The van der Waals surface area contributed by atoms with E-state index in [2.05, 4.69) is 382 Å². The number of hydrogen-bond acceptors (Lipinski definition) is 2. The molecule has 0 radical (unpaired) electrons. The van der Waals surface area contributed by atoms with Crippen LogP contribution >= 0.6 is 0 Å². The van der Waals surface area contributed by atoms with Gasteiger partial charge in [0.2, 0.25) is 0 Å². The minimum Gasteiger partial charge on any atom is -0.342 e. The van der Waals surface area contributed by atoms with Crippen molar-refractivity contribution in [2.75, 3.05) is 22.9 Å². The van der Waals surface area contributed by atoms with Gasteiger partial charge in [-0.05, 0) is 238 Å². The number of benzene rings is 17. The summed E-state index contributed by atoms with van der Waals surface area (Å²) in [7, 11) is 0. The third kappa shape index (κ3) is 11.1. The minimum absolute atomic E-state index is 0.00670. The summed E-state index contributed by atoms with van der Waals surface area (Å²) in [6, 6.07) is 133. The van der Waals surface area contributed by atoms with Crippen molar-refractivity contribution in [2.24, 2.45) is 5.41 Å². The van der Waals surface area contributed by atoms with Crippen molar-refractivity contribution in [3.63, 3.8) is 0 Å². The van der Waals surface area contributed by atoms with Crippen molar-refractivity contribution in [3.8, 4) is 89.0 Å². The quantitative estimate of drug-likeness (QED) is 0.0573. The highest BCUT2D eigenvalue weighted by Gasteiger charge is 2.44. The summed E-state index contributed by atoms with van der Waals surface area (Å²) in [5.41, 5.74) is 32.7. The Kier molecular flexibility index (Phi) is 15.6. The van der Waals surface area contributed by atoms with Crippen LogP contribution in [0.5, 0.6) is 0 Å². The monoisotopic (exact) mass is 1330 g/mol. The number of anilines is 4. The van der Waals surface area contributed by atoms with Gasteiger partial charge < -0.3 is 9.80 Å². The summed E-state index contributed by atoms with van der Waals surface area (Å²) in [4.78, 5) is 5.51. The molecular weight excluding hydrogens is 1250 g/mol. The fourth-order valence-corrected chi connectivity index (χ4v) is 17.7. The molecule has 0 saturated heterocycles.